The largest absolute Gasteiger partial charge is 0.323 e. The van der Waals surface area contributed by atoms with Gasteiger partial charge in [-0.1, -0.05) is 0 Å². The molecule has 7 heteroatoms. The van der Waals surface area contributed by atoms with Gasteiger partial charge in [0.25, 0.3) is 5.56 Å². The van der Waals surface area contributed by atoms with E-state index in [4.69, 9.17) is 12.2 Å². The number of nitrogens with zero attached hydrogens (tertiary/aromatic N) is 3. The van der Waals surface area contributed by atoms with Crippen LogP contribution in [0.4, 0.5) is 0 Å². The minimum Gasteiger partial charge on any atom is -0.323 e. The van der Waals surface area contributed by atoms with Crippen LogP contribution in [-0.2, 0) is 19.4 Å². The maximum atomic E-state index is 12.8. The van der Waals surface area contributed by atoms with E-state index in [0.717, 1.165) is 35.2 Å². The SMILES string of the molecule is O=c1c2c3c(sc2[nH]c(=S)n1Cc1cccnn1)CCC3. The molecule has 0 saturated carbocycles. The maximum absolute atomic E-state index is 12.8. The lowest BCUT2D eigenvalue weighted by Gasteiger charge is -2.06. The molecule has 21 heavy (non-hydrogen) atoms. The number of hydrogen-bond donors (Lipinski definition) is 1. The molecule has 0 unspecified atom stereocenters. The third-order valence-corrected chi connectivity index (χ3v) is 5.32. The monoisotopic (exact) mass is 316 g/mol. The van der Waals surface area contributed by atoms with E-state index in [-0.39, 0.29) is 5.56 Å². The Kier molecular flexibility index (Phi) is 2.97. The van der Waals surface area contributed by atoms with Gasteiger partial charge in [-0.15, -0.1) is 11.3 Å². The molecule has 0 amide bonds. The zero-order valence-electron chi connectivity index (χ0n) is 11.1. The second-order valence-electron chi connectivity index (χ2n) is 5.10. The number of fused-ring (bicyclic) bond motifs is 3. The van der Waals surface area contributed by atoms with Gasteiger partial charge in [0.1, 0.15) is 4.83 Å². The van der Waals surface area contributed by atoms with Crippen LogP contribution in [0.1, 0.15) is 22.6 Å². The topological polar surface area (TPSA) is 63.6 Å². The van der Waals surface area contributed by atoms with Crippen molar-refractivity contribution in [3.05, 3.63) is 49.6 Å². The third-order valence-electron chi connectivity index (χ3n) is 3.79. The quantitative estimate of drug-likeness (QED) is 0.738. The van der Waals surface area contributed by atoms with E-state index >= 15 is 0 Å². The summed E-state index contributed by atoms with van der Waals surface area (Å²) in [4.78, 5) is 18.2. The zero-order chi connectivity index (χ0) is 14.4. The van der Waals surface area contributed by atoms with Crippen molar-refractivity contribution in [3.8, 4) is 0 Å². The lowest BCUT2D eigenvalue weighted by Crippen LogP contribution is -2.23. The van der Waals surface area contributed by atoms with Crippen LogP contribution in [-0.4, -0.2) is 19.7 Å². The number of H-pyrrole nitrogens is 1. The summed E-state index contributed by atoms with van der Waals surface area (Å²) in [6.45, 7) is 0.350. The Morgan fingerprint density at radius 1 is 1.43 bits per heavy atom. The number of nitrogens with one attached hydrogen (secondary N) is 1. The summed E-state index contributed by atoms with van der Waals surface area (Å²) in [6, 6.07) is 3.65. The van der Waals surface area contributed by atoms with Crippen molar-refractivity contribution >= 4 is 33.8 Å². The molecule has 0 aliphatic heterocycles. The minimum absolute atomic E-state index is 0.0150. The maximum Gasteiger partial charge on any atom is 0.263 e. The zero-order valence-corrected chi connectivity index (χ0v) is 12.8. The van der Waals surface area contributed by atoms with Crippen LogP contribution in [0, 0.1) is 4.77 Å². The number of aromatic nitrogens is 4. The number of thiophene rings is 1. The second-order valence-corrected chi connectivity index (χ2v) is 6.59. The number of rotatable bonds is 2. The highest BCUT2D eigenvalue weighted by atomic mass is 32.1. The molecule has 5 nitrogen and oxygen atoms in total. The van der Waals surface area contributed by atoms with E-state index in [1.54, 1.807) is 28.2 Å². The molecule has 106 valence electrons. The van der Waals surface area contributed by atoms with Crippen LogP contribution in [0.3, 0.4) is 0 Å². The van der Waals surface area contributed by atoms with Crippen molar-refractivity contribution in [3.63, 3.8) is 0 Å². The Morgan fingerprint density at radius 2 is 2.33 bits per heavy atom. The summed E-state index contributed by atoms with van der Waals surface area (Å²) in [5.74, 6) is 0. The smallest absolute Gasteiger partial charge is 0.263 e. The molecule has 0 bridgehead atoms. The number of hydrogen-bond acceptors (Lipinski definition) is 5. The molecule has 0 fully saturated rings. The summed E-state index contributed by atoms with van der Waals surface area (Å²) < 4.78 is 2.02. The van der Waals surface area contributed by atoms with Crippen LogP contribution < -0.4 is 5.56 Å². The van der Waals surface area contributed by atoms with Gasteiger partial charge in [-0.2, -0.15) is 10.2 Å². The Bertz CT molecular complexity index is 939. The van der Waals surface area contributed by atoms with Gasteiger partial charge in [0, 0.05) is 11.1 Å². The van der Waals surface area contributed by atoms with Gasteiger partial charge >= 0.3 is 0 Å². The molecular weight excluding hydrogens is 304 g/mol. The van der Waals surface area contributed by atoms with E-state index in [1.165, 1.54) is 10.4 Å². The van der Waals surface area contributed by atoms with Gasteiger partial charge < -0.3 is 4.98 Å². The highest BCUT2D eigenvalue weighted by Crippen LogP contribution is 2.34. The van der Waals surface area contributed by atoms with Crippen LogP contribution in [0.5, 0.6) is 0 Å². The molecule has 4 rings (SSSR count). The molecule has 0 atom stereocenters. The Morgan fingerprint density at radius 3 is 3.14 bits per heavy atom. The highest BCUT2D eigenvalue weighted by molar-refractivity contribution is 7.71. The molecule has 0 radical (unpaired) electrons. The van der Waals surface area contributed by atoms with Crippen LogP contribution in [0.15, 0.2) is 23.1 Å². The van der Waals surface area contributed by atoms with Gasteiger partial charge in [-0.05, 0) is 49.2 Å². The fourth-order valence-electron chi connectivity index (χ4n) is 2.83. The van der Waals surface area contributed by atoms with Gasteiger partial charge in [-0.3, -0.25) is 9.36 Å². The first-order chi connectivity index (χ1) is 10.2. The molecule has 1 aliphatic rings. The summed E-state index contributed by atoms with van der Waals surface area (Å²) in [5.41, 5.74) is 1.92. The van der Waals surface area contributed by atoms with Crippen molar-refractivity contribution < 1.29 is 0 Å². The standard InChI is InChI=1S/C14H12N4OS2/c19-13-11-9-4-1-5-10(9)21-12(11)16-14(20)18(13)7-8-3-2-6-15-17-8/h2-3,6H,1,4-5,7H2,(H,16,20). The second kappa shape index (κ2) is 4.85. The normalized spacial score (nSPS) is 13.7. The molecule has 0 spiro atoms. The van der Waals surface area contributed by atoms with Crippen LogP contribution in [0.2, 0.25) is 0 Å². The average molecular weight is 316 g/mol. The van der Waals surface area contributed by atoms with E-state index in [1.807, 2.05) is 6.07 Å². The van der Waals surface area contributed by atoms with Crippen molar-refractivity contribution in [1.29, 1.82) is 0 Å². The van der Waals surface area contributed by atoms with Gasteiger partial charge in [0.15, 0.2) is 4.77 Å². The van der Waals surface area contributed by atoms with Crippen LogP contribution >= 0.6 is 23.6 Å². The molecular formula is C14H12N4OS2. The first-order valence-electron chi connectivity index (χ1n) is 6.78. The Labute approximate surface area is 129 Å². The average Bonchev–Trinajstić information content (AvgIpc) is 3.04. The lowest BCUT2D eigenvalue weighted by atomic mass is 10.2. The predicted molar refractivity (Wildman–Crippen MR) is 84.4 cm³/mol. The molecule has 1 N–H and O–H groups in total. The van der Waals surface area contributed by atoms with Crippen LogP contribution in [0.25, 0.3) is 10.2 Å². The Hall–Kier alpha value is -1.86. The van der Waals surface area contributed by atoms with Crippen molar-refractivity contribution in [2.75, 3.05) is 0 Å². The lowest BCUT2D eigenvalue weighted by molar-refractivity contribution is 0.704. The number of aromatic amines is 1. The van der Waals surface area contributed by atoms with Crippen molar-refractivity contribution in [2.24, 2.45) is 0 Å². The van der Waals surface area contributed by atoms with Crippen molar-refractivity contribution in [2.45, 2.75) is 25.8 Å². The molecule has 1 aliphatic carbocycles. The van der Waals surface area contributed by atoms with E-state index in [0.29, 0.717) is 11.3 Å². The van der Waals surface area contributed by atoms with Gasteiger partial charge in [-0.25, -0.2) is 0 Å². The van der Waals surface area contributed by atoms with E-state index in [9.17, 15) is 4.79 Å². The first kappa shape index (κ1) is 12.8. The van der Waals surface area contributed by atoms with Crippen molar-refractivity contribution in [1.82, 2.24) is 19.7 Å². The summed E-state index contributed by atoms with van der Waals surface area (Å²) in [6.07, 6.45) is 4.80. The molecule has 0 aromatic carbocycles. The predicted octanol–water partition coefficient (Wildman–Crippen LogP) is 2.45. The Balaban J connectivity index is 1.93. The first-order valence-corrected chi connectivity index (χ1v) is 8.00. The molecule has 3 aromatic heterocycles. The molecule has 3 aromatic rings. The third kappa shape index (κ3) is 2.04. The van der Waals surface area contributed by atoms with E-state index < -0.39 is 0 Å². The molecule has 3 heterocycles. The fourth-order valence-corrected chi connectivity index (χ4v) is 4.43. The summed E-state index contributed by atoms with van der Waals surface area (Å²) in [5, 5.41) is 8.68. The minimum atomic E-state index is -0.0150. The van der Waals surface area contributed by atoms with Gasteiger partial charge in [0.2, 0.25) is 0 Å². The summed E-state index contributed by atoms with van der Waals surface area (Å²) >= 11 is 7.00. The fraction of sp³-hybridized carbons (Fsp3) is 0.286. The molecule has 0 saturated heterocycles. The van der Waals surface area contributed by atoms with Gasteiger partial charge in [0.05, 0.1) is 17.6 Å². The highest BCUT2D eigenvalue weighted by Gasteiger charge is 2.21. The van der Waals surface area contributed by atoms with E-state index in [2.05, 4.69) is 15.2 Å². The summed E-state index contributed by atoms with van der Waals surface area (Å²) in [7, 11) is 0. The number of aryl methyl sites for hydroxylation is 2.